The predicted octanol–water partition coefficient (Wildman–Crippen LogP) is 0.881. The molecule has 0 radical (unpaired) electrons. The summed E-state index contributed by atoms with van der Waals surface area (Å²) in [6.45, 7) is 3.37. The Morgan fingerprint density at radius 1 is 1.61 bits per heavy atom. The number of amides is 1. The van der Waals surface area contributed by atoms with Crippen LogP contribution in [-0.2, 0) is 6.54 Å². The van der Waals surface area contributed by atoms with Gasteiger partial charge in [0.15, 0.2) is 0 Å². The van der Waals surface area contributed by atoms with Crippen LogP contribution >= 0.6 is 0 Å². The van der Waals surface area contributed by atoms with Crippen LogP contribution in [0.15, 0.2) is 18.2 Å². The molecule has 1 unspecified atom stereocenters. The zero-order chi connectivity index (χ0) is 13.3. The molecule has 98 valence electrons. The van der Waals surface area contributed by atoms with Crippen LogP contribution in [0.5, 0.6) is 0 Å². The summed E-state index contributed by atoms with van der Waals surface area (Å²) in [4.78, 5) is 13.0. The normalized spacial score (nSPS) is 24.4. The van der Waals surface area contributed by atoms with Crippen LogP contribution < -0.4 is 5.73 Å². The molecule has 0 aliphatic carbocycles. The average Bonchev–Trinajstić information content (AvgIpc) is 2.61. The number of likely N-dealkylation sites (tertiary alicyclic amines) is 1. The zero-order valence-corrected chi connectivity index (χ0v) is 10.3. The number of hydrogen-bond acceptors (Lipinski definition) is 3. The molecule has 1 fully saturated rings. The van der Waals surface area contributed by atoms with Crippen LogP contribution in [0.1, 0.15) is 29.3 Å². The van der Waals surface area contributed by atoms with Crippen molar-refractivity contribution in [2.75, 3.05) is 13.1 Å². The molecule has 0 saturated carbocycles. The summed E-state index contributed by atoms with van der Waals surface area (Å²) in [5.41, 5.74) is 5.20. The molecule has 1 amide bonds. The highest BCUT2D eigenvalue weighted by molar-refractivity contribution is 5.92. The van der Waals surface area contributed by atoms with Gasteiger partial charge in [-0.05, 0) is 31.5 Å². The Hall–Kier alpha value is -1.46. The van der Waals surface area contributed by atoms with Crippen molar-refractivity contribution >= 4 is 5.91 Å². The molecular weight excluding hydrogens is 235 g/mol. The lowest BCUT2D eigenvalue weighted by molar-refractivity contribution is 0.0677. The Labute approximate surface area is 105 Å². The fourth-order valence-corrected chi connectivity index (χ4v) is 2.26. The molecule has 3 N–H and O–H groups in total. The maximum absolute atomic E-state index is 13.6. The summed E-state index contributed by atoms with van der Waals surface area (Å²) in [5, 5.41) is 9.85. The number of halogens is 1. The van der Waals surface area contributed by atoms with E-state index in [2.05, 4.69) is 0 Å². The molecule has 1 aliphatic heterocycles. The fraction of sp³-hybridized carbons (Fsp3) is 0.462. The monoisotopic (exact) mass is 252 g/mol. The van der Waals surface area contributed by atoms with Crippen molar-refractivity contribution < 1.29 is 14.3 Å². The van der Waals surface area contributed by atoms with E-state index >= 15 is 0 Å². The number of carbonyl (C=O) groups excluding carboxylic acids is 1. The van der Waals surface area contributed by atoms with Crippen LogP contribution in [0, 0.1) is 5.82 Å². The topological polar surface area (TPSA) is 66.6 Å². The first-order valence-corrected chi connectivity index (χ1v) is 5.90. The van der Waals surface area contributed by atoms with E-state index in [0.717, 1.165) is 0 Å². The number of β-amino-alcohol motifs (C(OH)–C–C–N with tert-alkyl or cyclic N) is 1. The predicted molar refractivity (Wildman–Crippen MR) is 65.4 cm³/mol. The largest absolute Gasteiger partial charge is 0.389 e. The second-order valence-corrected chi connectivity index (χ2v) is 5.13. The smallest absolute Gasteiger partial charge is 0.248 e. The van der Waals surface area contributed by atoms with Crippen molar-refractivity contribution in [3.63, 3.8) is 0 Å². The molecule has 1 aromatic rings. The number of nitrogens with zero attached hydrogens (tertiary/aromatic N) is 1. The lowest BCUT2D eigenvalue weighted by Crippen LogP contribution is -2.29. The highest BCUT2D eigenvalue weighted by Crippen LogP contribution is 2.23. The summed E-state index contributed by atoms with van der Waals surface area (Å²) in [5.74, 6) is -0.920. The lowest BCUT2D eigenvalue weighted by Gasteiger charge is -2.19. The summed E-state index contributed by atoms with van der Waals surface area (Å²) >= 11 is 0. The summed E-state index contributed by atoms with van der Waals surface area (Å²) in [6, 6.07) is 4.11. The first-order chi connectivity index (χ1) is 8.37. The van der Waals surface area contributed by atoms with Crippen LogP contribution in [-0.4, -0.2) is 34.6 Å². The third-order valence-electron chi connectivity index (χ3n) is 3.26. The second kappa shape index (κ2) is 4.66. The van der Waals surface area contributed by atoms with Crippen molar-refractivity contribution in [3.8, 4) is 0 Å². The van der Waals surface area contributed by atoms with Gasteiger partial charge in [-0.25, -0.2) is 4.39 Å². The molecule has 5 heteroatoms. The number of primary amides is 1. The molecule has 4 nitrogen and oxygen atoms in total. The minimum atomic E-state index is -0.711. The number of aliphatic hydroxyl groups is 1. The standard InChI is InChI=1S/C13H17FN2O2/c1-13(18)4-5-16(8-13)7-10-6-9(12(15)17)2-3-11(10)14/h2-3,6,18H,4-5,7-8H2,1H3,(H2,15,17). The molecule has 0 spiro atoms. The maximum Gasteiger partial charge on any atom is 0.248 e. The first kappa shape index (κ1) is 13.0. The van der Waals surface area contributed by atoms with E-state index in [1.807, 2.05) is 4.90 Å². The highest BCUT2D eigenvalue weighted by Gasteiger charge is 2.31. The van der Waals surface area contributed by atoms with Gasteiger partial charge in [0, 0.05) is 30.8 Å². The number of rotatable bonds is 3. The number of carbonyl (C=O) groups is 1. The molecule has 1 atom stereocenters. The molecule has 1 aromatic carbocycles. The van der Waals surface area contributed by atoms with Crippen molar-refractivity contribution in [1.29, 1.82) is 0 Å². The number of hydrogen-bond donors (Lipinski definition) is 2. The summed E-state index contributed by atoms with van der Waals surface area (Å²) in [7, 11) is 0. The van der Waals surface area contributed by atoms with Crippen LogP contribution in [0.2, 0.25) is 0 Å². The summed E-state index contributed by atoms with van der Waals surface area (Å²) < 4.78 is 13.6. The molecule has 1 aliphatic rings. The van der Waals surface area contributed by atoms with E-state index in [1.54, 1.807) is 6.92 Å². The average molecular weight is 252 g/mol. The third kappa shape index (κ3) is 2.86. The van der Waals surface area contributed by atoms with E-state index in [4.69, 9.17) is 5.73 Å². The molecular formula is C13H17FN2O2. The van der Waals surface area contributed by atoms with Crippen molar-refractivity contribution in [3.05, 3.63) is 35.1 Å². The molecule has 18 heavy (non-hydrogen) atoms. The third-order valence-corrected chi connectivity index (χ3v) is 3.26. The van der Waals surface area contributed by atoms with E-state index in [0.29, 0.717) is 37.2 Å². The van der Waals surface area contributed by atoms with Gasteiger partial charge in [0.25, 0.3) is 0 Å². The Bertz CT molecular complexity index is 474. The molecule has 1 heterocycles. The molecule has 1 saturated heterocycles. The van der Waals surface area contributed by atoms with Gasteiger partial charge in [0.2, 0.25) is 5.91 Å². The number of benzene rings is 1. The zero-order valence-electron chi connectivity index (χ0n) is 10.3. The fourth-order valence-electron chi connectivity index (χ4n) is 2.26. The Morgan fingerprint density at radius 3 is 2.89 bits per heavy atom. The van der Waals surface area contributed by atoms with E-state index in [1.165, 1.54) is 18.2 Å². The SMILES string of the molecule is CC1(O)CCN(Cc2cc(C(N)=O)ccc2F)C1. The highest BCUT2D eigenvalue weighted by atomic mass is 19.1. The van der Waals surface area contributed by atoms with Crippen molar-refractivity contribution in [2.24, 2.45) is 5.73 Å². The lowest BCUT2D eigenvalue weighted by atomic mass is 10.1. The first-order valence-electron chi connectivity index (χ1n) is 5.90. The van der Waals surface area contributed by atoms with Gasteiger partial charge in [-0.3, -0.25) is 9.69 Å². The van der Waals surface area contributed by atoms with Gasteiger partial charge in [-0.2, -0.15) is 0 Å². The van der Waals surface area contributed by atoms with Gasteiger partial charge in [0.05, 0.1) is 5.60 Å². The van der Waals surface area contributed by atoms with E-state index < -0.39 is 11.5 Å². The van der Waals surface area contributed by atoms with Crippen molar-refractivity contribution in [2.45, 2.75) is 25.5 Å². The van der Waals surface area contributed by atoms with Crippen LogP contribution in [0.3, 0.4) is 0 Å². The Kier molecular flexibility index (Phi) is 3.36. The van der Waals surface area contributed by atoms with Crippen LogP contribution in [0.4, 0.5) is 4.39 Å². The van der Waals surface area contributed by atoms with Gasteiger partial charge < -0.3 is 10.8 Å². The second-order valence-electron chi connectivity index (χ2n) is 5.13. The van der Waals surface area contributed by atoms with E-state index in [9.17, 15) is 14.3 Å². The van der Waals surface area contributed by atoms with Gasteiger partial charge in [-0.1, -0.05) is 0 Å². The van der Waals surface area contributed by atoms with Crippen LogP contribution in [0.25, 0.3) is 0 Å². The minimum absolute atomic E-state index is 0.303. The maximum atomic E-state index is 13.6. The quantitative estimate of drug-likeness (QED) is 0.839. The van der Waals surface area contributed by atoms with Gasteiger partial charge >= 0.3 is 0 Å². The Balaban J connectivity index is 2.14. The van der Waals surface area contributed by atoms with Crippen molar-refractivity contribution in [1.82, 2.24) is 4.90 Å². The van der Waals surface area contributed by atoms with E-state index in [-0.39, 0.29) is 5.82 Å². The molecule has 0 bridgehead atoms. The minimum Gasteiger partial charge on any atom is -0.389 e. The van der Waals surface area contributed by atoms with Gasteiger partial charge in [0.1, 0.15) is 5.82 Å². The van der Waals surface area contributed by atoms with Gasteiger partial charge in [-0.15, -0.1) is 0 Å². The number of nitrogens with two attached hydrogens (primary N) is 1. The summed E-state index contributed by atoms with van der Waals surface area (Å²) in [6.07, 6.45) is 0.671. The Morgan fingerprint density at radius 2 is 2.33 bits per heavy atom. The molecule has 2 rings (SSSR count). The molecule has 0 aromatic heterocycles.